The third kappa shape index (κ3) is 5.09. The maximum absolute atomic E-state index is 13.3. The Morgan fingerprint density at radius 1 is 1.06 bits per heavy atom. The van der Waals surface area contributed by atoms with Gasteiger partial charge in [0.05, 0.1) is 28.9 Å². The molecule has 0 saturated carbocycles. The van der Waals surface area contributed by atoms with Crippen LogP contribution in [0.2, 0.25) is 10.0 Å². The van der Waals surface area contributed by atoms with Crippen LogP contribution in [0.3, 0.4) is 0 Å². The number of nitrogens with zero attached hydrogens (tertiary/aromatic N) is 3. The minimum atomic E-state index is -0.463. The average Bonchev–Trinajstić information content (AvgIpc) is 3.16. The number of methoxy groups -OCH3 is 1. The van der Waals surface area contributed by atoms with E-state index < -0.39 is 5.82 Å². The maximum atomic E-state index is 13.3. The highest BCUT2D eigenvalue weighted by atomic mass is 35.5. The SMILES string of the molecule is COc1ccc(-c2sc(Nc3ncc(Cl)c(NCc4ccc(F)c(Cl)c4)n3)nc2C)cc1. The Labute approximate surface area is 198 Å². The van der Waals surface area contributed by atoms with Crippen LogP contribution in [0.1, 0.15) is 11.3 Å². The van der Waals surface area contributed by atoms with Gasteiger partial charge in [0.25, 0.3) is 0 Å². The molecule has 4 rings (SSSR count). The van der Waals surface area contributed by atoms with Crippen molar-refractivity contribution >= 4 is 51.4 Å². The zero-order valence-corrected chi connectivity index (χ0v) is 19.4. The molecule has 0 bridgehead atoms. The molecule has 0 aliphatic carbocycles. The first-order valence-corrected chi connectivity index (χ1v) is 11.1. The summed E-state index contributed by atoms with van der Waals surface area (Å²) in [6.07, 6.45) is 1.50. The Morgan fingerprint density at radius 3 is 2.56 bits per heavy atom. The fourth-order valence-corrected chi connectivity index (χ4v) is 4.27. The van der Waals surface area contributed by atoms with Crippen LogP contribution in [0.15, 0.2) is 48.7 Å². The lowest BCUT2D eigenvalue weighted by Gasteiger charge is -2.09. The number of ether oxygens (including phenoxy) is 1. The molecule has 2 aromatic carbocycles. The Kier molecular flexibility index (Phi) is 6.74. The van der Waals surface area contributed by atoms with E-state index in [1.165, 1.54) is 23.6 Å². The van der Waals surface area contributed by atoms with E-state index in [4.69, 9.17) is 27.9 Å². The van der Waals surface area contributed by atoms with Crippen molar-refractivity contribution in [3.63, 3.8) is 0 Å². The summed E-state index contributed by atoms with van der Waals surface area (Å²) in [5.41, 5.74) is 2.73. The molecular formula is C22H18Cl2FN5OS. The van der Waals surface area contributed by atoms with Crippen LogP contribution < -0.4 is 15.4 Å². The van der Waals surface area contributed by atoms with Gasteiger partial charge in [-0.15, -0.1) is 0 Å². The molecular weight excluding hydrogens is 472 g/mol. The molecule has 0 unspecified atom stereocenters. The van der Waals surface area contributed by atoms with Gasteiger partial charge in [-0.2, -0.15) is 4.98 Å². The summed E-state index contributed by atoms with van der Waals surface area (Å²) in [5, 5.41) is 7.33. The predicted molar refractivity (Wildman–Crippen MR) is 128 cm³/mol. The molecule has 0 spiro atoms. The van der Waals surface area contributed by atoms with Crippen molar-refractivity contribution < 1.29 is 9.13 Å². The van der Waals surface area contributed by atoms with Gasteiger partial charge in [0, 0.05) is 6.54 Å². The lowest BCUT2D eigenvalue weighted by atomic mass is 10.1. The number of nitrogens with one attached hydrogen (secondary N) is 2. The topological polar surface area (TPSA) is 72.0 Å². The number of thiazole rings is 1. The molecule has 6 nitrogen and oxygen atoms in total. The number of hydrogen-bond donors (Lipinski definition) is 2. The first-order chi connectivity index (χ1) is 15.4. The first-order valence-electron chi connectivity index (χ1n) is 9.52. The van der Waals surface area contributed by atoms with Gasteiger partial charge in [-0.05, 0) is 54.4 Å². The van der Waals surface area contributed by atoms with Crippen molar-refractivity contribution in [3.05, 3.63) is 75.8 Å². The Hall–Kier alpha value is -2.94. The largest absolute Gasteiger partial charge is 0.497 e. The maximum Gasteiger partial charge on any atom is 0.231 e. The quantitative estimate of drug-likeness (QED) is 0.300. The smallest absolute Gasteiger partial charge is 0.231 e. The van der Waals surface area contributed by atoms with Gasteiger partial charge in [-0.1, -0.05) is 40.6 Å². The van der Waals surface area contributed by atoms with E-state index >= 15 is 0 Å². The first kappa shape index (κ1) is 22.3. The van der Waals surface area contributed by atoms with Crippen LogP contribution in [0, 0.1) is 12.7 Å². The van der Waals surface area contributed by atoms with Gasteiger partial charge in [-0.25, -0.2) is 14.4 Å². The molecule has 0 amide bonds. The molecule has 0 aliphatic rings. The third-order valence-electron chi connectivity index (χ3n) is 4.56. The second kappa shape index (κ2) is 9.68. The van der Waals surface area contributed by atoms with Crippen molar-refractivity contribution in [2.75, 3.05) is 17.7 Å². The van der Waals surface area contributed by atoms with E-state index in [-0.39, 0.29) is 5.02 Å². The molecule has 2 heterocycles. The number of rotatable bonds is 7. The average molecular weight is 490 g/mol. The number of aryl methyl sites for hydroxylation is 1. The molecule has 0 atom stereocenters. The summed E-state index contributed by atoms with van der Waals surface area (Å²) in [7, 11) is 1.64. The van der Waals surface area contributed by atoms with Crippen molar-refractivity contribution in [2.24, 2.45) is 0 Å². The highest BCUT2D eigenvalue weighted by Crippen LogP contribution is 2.34. The Balaban J connectivity index is 1.49. The van der Waals surface area contributed by atoms with Gasteiger partial charge in [-0.3, -0.25) is 5.32 Å². The molecule has 2 aromatic heterocycles. The summed E-state index contributed by atoms with van der Waals surface area (Å²) in [6.45, 7) is 2.32. The number of hydrogen-bond acceptors (Lipinski definition) is 7. The minimum absolute atomic E-state index is 0.0623. The molecule has 0 radical (unpaired) electrons. The second-order valence-electron chi connectivity index (χ2n) is 6.78. The standard InChI is InChI=1S/C22H18Cl2FN5OS/c1-12-19(14-4-6-15(31-2)7-5-14)32-22(28-12)30-21-27-11-17(24)20(29-21)26-10-13-3-8-18(25)16(23)9-13/h3-9,11H,10H2,1-2H3,(H2,26,27,28,29,30). The highest BCUT2D eigenvalue weighted by Gasteiger charge is 2.13. The summed E-state index contributed by atoms with van der Waals surface area (Å²) in [5.74, 6) is 1.12. The summed E-state index contributed by atoms with van der Waals surface area (Å²) >= 11 is 13.6. The van der Waals surface area contributed by atoms with Crippen LogP contribution >= 0.6 is 34.5 Å². The third-order valence-corrected chi connectivity index (χ3v) is 6.24. The van der Waals surface area contributed by atoms with E-state index in [0.717, 1.165) is 27.4 Å². The Bertz CT molecular complexity index is 1250. The van der Waals surface area contributed by atoms with E-state index in [2.05, 4.69) is 25.6 Å². The summed E-state index contributed by atoms with van der Waals surface area (Å²) in [6, 6.07) is 12.3. The van der Waals surface area contributed by atoms with Crippen LogP contribution in [0.25, 0.3) is 10.4 Å². The van der Waals surface area contributed by atoms with Gasteiger partial charge in [0.1, 0.15) is 16.6 Å². The van der Waals surface area contributed by atoms with Crippen molar-refractivity contribution in [2.45, 2.75) is 13.5 Å². The van der Waals surface area contributed by atoms with Crippen LogP contribution in [0.5, 0.6) is 5.75 Å². The number of aromatic nitrogens is 3. The van der Waals surface area contributed by atoms with Crippen molar-refractivity contribution in [3.8, 4) is 16.2 Å². The predicted octanol–water partition coefficient (Wildman–Crippen LogP) is 6.72. The lowest BCUT2D eigenvalue weighted by Crippen LogP contribution is -2.05. The van der Waals surface area contributed by atoms with E-state index in [1.807, 2.05) is 31.2 Å². The summed E-state index contributed by atoms with van der Waals surface area (Å²) < 4.78 is 18.6. The highest BCUT2D eigenvalue weighted by molar-refractivity contribution is 7.19. The minimum Gasteiger partial charge on any atom is -0.497 e. The number of benzene rings is 2. The van der Waals surface area contributed by atoms with Gasteiger partial charge < -0.3 is 10.1 Å². The molecule has 0 aliphatic heterocycles. The fraction of sp³-hybridized carbons (Fsp3) is 0.136. The number of halogens is 3. The molecule has 164 valence electrons. The second-order valence-corrected chi connectivity index (χ2v) is 8.59. The zero-order valence-electron chi connectivity index (χ0n) is 17.1. The van der Waals surface area contributed by atoms with Crippen LogP contribution in [0.4, 0.5) is 21.3 Å². The molecule has 10 heteroatoms. The van der Waals surface area contributed by atoms with Gasteiger partial charge in [0.2, 0.25) is 5.95 Å². The van der Waals surface area contributed by atoms with Crippen LogP contribution in [-0.2, 0) is 6.54 Å². The molecule has 32 heavy (non-hydrogen) atoms. The molecule has 2 N–H and O–H groups in total. The fourth-order valence-electron chi connectivity index (χ4n) is 2.94. The van der Waals surface area contributed by atoms with E-state index in [9.17, 15) is 4.39 Å². The molecule has 0 fully saturated rings. The monoisotopic (exact) mass is 489 g/mol. The zero-order chi connectivity index (χ0) is 22.7. The normalized spacial score (nSPS) is 10.8. The van der Waals surface area contributed by atoms with Crippen molar-refractivity contribution in [1.29, 1.82) is 0 Å². The Morgan fingerprint density at radius 2 is 1.84 bits per heavy atom. The van der Waals surface area contributed by atoms with Crippen molar-refractivity contribution in [1.82, 2.24) is 15.0 Å². The van der Waals surface area contributed by atoms with Gasteiger partial charge in [0.15, 0.2) is 10.9 Å². The number of anilines is 3. The molecule has 0 saturated heterocycles. The van der Waals surface area contributed by atoms with Gasteiger partial charge >= 0.3 is 0 Å². The van der Waals surface area contributed by atoms with E-state index in [1.54, 1.807) is 19.2 Å². The lowest BCUT2D eigenvalue weighted by molar-refractivity contribution is 0.415. The molecule has 4 aromatic rings. The summed E-state index contributed by atoms with van der Waals surface area (Å²) in [4.78, 5) is 14.3. The van der Waals surface area contributed by atoms with E-state index in [0.29, 0.717) is 28.5 Å². The van der Waals surface area contributed by atoms with Crippen LogP contribution in [-0.4, -0.2) is 22.1 Å².